The quantitative estimate of drug-likeness (QED) is 0.733. The molecule has 1 rings (SSSR count). The van der Waals surface area contributed by atoms with E-state index in [-0.39, 0.29) is 5.69 Å². The zero-order valence-electron chi connectivity index (χ0n) is 5.85. The Kier molecular flexibility index (Phi) is 2.72. The molecule has 0 amide bonds. The topological polar surface area (TPSA) is 70.4 Å². The van der Waals surface area contributed by atoms with Crippen molar-refractivity contribution in [3.8, 4) is 0 Å². The van der Waals surface area contributed by atoms with Crippen molar-refractivity contribution in [2.24, 2.45) is 0 Å². The van der Waals surface area contributed by atoms with Crippen molar-refractivity contribution in [2.75, 3.05) is 0 Å². The van der Waals surface area contributed by atoms with Crippen molar-refractivity contribution in [1.29, 1.82) is 0 Å². The van der Waals surface area contributed by atoms with Crippen LogP contribution in [-0.2, 0) is 4.79 Å². The van der Waals surface area contributed by atoms with Gasteiger partial charge in [-0.3, -0.25) is 0 Å². The Hall–Kier alpha value is -1.01. The number of hydrogen-bond donors (Lipinski definition) is 2. The molecule has 0 bridgehead atoms. The molecule has 1 heterocycles. The van der Waals surface area contributed by atoms with Gasteiger partial charge in [0.05, 0.1) is 11.2 Å². The summed E-state index contributed by atoms with van der Waals surface area (Å²) in [5.41, 5.74) is 1.45. The van der Waals surface area contributed by atoms with Crippen molar-refractivity contribution >= 4 is 17.3 Å². The Bertz CT molecular complexity index is 264. The summed E-state index contributed by atoms with van der Waals surface area (Å²) in [6.07, 6.45) is -3.99. The minimum absolute atomic E-state index is 0.0508. The fourth-order valence-electron chi connectivity index (χ4n) is 0.653. The van der Waals surface area contributed by atoms with Crippen LogP contribution in [0.5, 0.6) is 0 Å². The van der Waals surface area contributed by atoms with E-state index in [1.807, 2.05) is 0 Å². The molecule has 0 spiro atoms. The molecule has 12 heavy (non-hydrogen) atoms. The van der Waals surface area contributed by atoms with Crippen LogP contribution < -0.4 is 0 Å². The molecule has 4 nitrogen and oxygen atoms in total. The Morgan fingerprint density at radius 1 is 1.75 bits per heavy atom. The molecule has 1 aromatic heterocycles. The van der Waals surface area contributed by atoms with E-state index in [1.165, 1.54) is 22.2 Å². The normalized spacial score (nSPS) is 15.5. The molecule has 0 fully saturated rings. The van der Waals surface area contributed by atoms with Gasteiger partial charge < -0.3 is 10.2 Å². The lowest BCUT2D eigenvalue weighted by molar-refractivity contribution is -0.147. The number of hydrogen-bond acceptors (Lipinski definition) is 4. The molecule has 66 valence electrons. The maximum atomic E-state index is 12.6. The molecule has 0 aliphatic rings. The summed E-state index contributed by atoms with van der Waals surface area (Å²) in [6, 6.07) is 0. The zero-order valence-corrected chi connectivity index (χ0v) is 6.66. The van der Waals surface area contributed by atoms with E-state index in [1.54, 1.807) is 0 Å². The third-order valence-corrected chi connectivity index (χ3v) is 1.87. The second kappa shape index (κ2) is 3.59. The van der Waals surface area contributed by atoms with Crippen LogP contribution in [0.3, 0.4) is 0 Å². The number of halogens is 1. The standard InChI is InChI=1S/C6H6FNO3S/c7-4(6(10)11)5(9)3-1-12-2-8-3/h1-2,4-5,9H,(H,10,11). The second-order valence-corrected chi connectivity index (χ2v) is 2.82. The highest BCUT2D eigenvalue weighted by Crippen LogP contribution is 2.18. The zero-order chi connectivity index (χ0) is 9.14. The minimum atomic E-state index is -2.31. The summed E-state index contributed by atoms with van der Waals surface area (Å²) in [7, 11) is 0. The molecule has 0 radical (unpaired) electrons. The van der Waals surface area contributed by atoms with Crippen LogP contribution >= 0.6 is 11.3 Å². The van der Waals surface area contributed by atoms with Crippen LogP contribution in [0.4, 0.5) is 4.39 Å². The van der Waals surface area contributed by atoms with Crippen molar-refractivity contribution < 1.29 is 19.4 Å². The van der Waals surface area contributed by atoms with Gasteiger partial charge in [0, 0.05) is 5.38 Å². The molecular weight excluding hydrogens is 185 g/mol. The lowest BCUT2D eigenvalue weighted by Gasteiger charge is -2.08. The third kappa shape index (κ3) is 1.77. The first-order valence-corrected chi connectivity index (χ1v) is 4.00. The molecule has 0 aliphatic carbocycles. The van der Waals surface area contributed by atoms with E-state index in [4.69, 9.17) is 10.2 Å². The lowest BCUT2D eigenvalue weighted by Crippen LogP contribution is -2.23. The number of aliphatic carboxylic acids is 1. The molecule has 0 saturated carbocycles. The third-order valence-electron chi connectivity index (χ3n) is 1.27. The first kappa shape index (κ1) is 9.08. The number of nitrogens with zero attached hydrogens (tertiary/aromatic N) is 1. The Labute approximate surface area is 71.3 Å². The second-order valence-electron chi connectivity index (χ2n) is 2.10. The summed E-state index contributed by atoms with van der Waals surface area (Å²) < 4.78 is 12.6. The summed E-state index contributed by atoms with van der Waals surface area (Å²) in [5, 5.41) is 18.6. The first-order valence-electron chi connectivity index (χ1n) is 3.06. The summed E-state index contributed by atoms with van der Waals surface area (Å²) in [4.78, 5) is 13.7. The van der Waals surface area contributed by atoms with E-state index in [0.29, 0.717) is 0 Å². The largest absolute Gasteiger partial charge is 0.479 e. The van der Waals surface area contributed by atoms with E-state index < -0.39 is 18.2 Å². The molecular formula is C6H6FNO3S. The Morgan fingerprint density at radius 3 is 2.83 bits per heavy atom. The summed E-state index contributed by atoms with van der Waals surface area (Å²) in [5.74, 6) is -1.68. The molecule has 2 atom stereocenters. The van der Waals surface area contributed by atoms with Crippen molar-refractivity contribution in [3.05, 3.63) is 16.6 Å². The van der Waals surface area contributed by atoms with Gasteiger partial charge in [0.1, 0.15) is 6.10 Å². The number of thiazole rings is 1. The molecule has 0 aliphatic heterocycles. The predicted octanol–water partition coefficient (Wildman–Crippen LogP) is 0.599. The Morgan fingerprint density at radius 2 is 2.42 bits per heavy atom. The SMILES string of the molecule is O=C(O)C(F)C(O)c1cscn1. The molecule has 2 unspecified atom stereocenters. The van der Waals surface area contributed by atoms with E-state index >= 15 is 0 Å². The number of carbonyl (C=O) groups is 1. The van der Waals surface area contributed by atoms with Crippen LogP contribution in [0.15, 0.2) is 10.9 Å². The average molecular weight is 191 g/mol. The van der Waals surface area contributed by atoms with Crippen LogP contribution in [0.25, 0.3) is 0 Å². The van der Waals surface area contributed by atoms with Gasteiger partial charge in [0.25, 0.3) is 0 Å². The van der Waals surface area contributed by atoms with Crippen molar-refractivity contribution in [2.45, 2.75) is 12.3 Å². The first-order chi connectivity index (χ1) is 5.63. The number of alkyl halides is 1. The number of carboxylic acid groups (broad SMARTS) is 1. The van der Waals surface area contributed by atoms with Gasteiger partial charge in [0.2, 0.25) is 6.17 Å². The van der Waals surface area contributed by atoms with Gasteiger partial charge in [0.15, 0.2) is 0 Å². The highest BCUT2D eigenvalue weighted by molar-refractivity contribution is 7.07. The summed E-state index contributed by atoms with van der Waals surface area (Å²) >= 11 is 1.17. The van der Waals surface area contributed by atoms with E-state index in [0.717, 1.165) is 0 Å². The van der Waals surface area contributed by atoms with Gasteiger partial charge in [-0.1, -0.05) is 0 Å². The Balaban J connectivity index is 2.71. The number of aliphatic hydroxyl groups is 1. The number of rotatable bonds is 3. The van der Waals surface area contributed by atoms with Crippen molar-refractivity contribution in [1.82, 2.24) is 4.98 Å². The molecule has 0 saturated heterocycles. The average Bonchev–Trinajstić information content (AvgIpc) is 2.53. The predicted molar refractivity (Wildman–Crippen MR) is 39.6 cm³/mol. The maximum Gasteiger partial charge on any atom is 0.341 e. The highest BCUT2D eigenvalue weighted by Gasteiger charge is 2.28. The number of carboxylic acids is 1. The van der Waals surface area contributed by atoms with Gasteiger partial charge in [-0.05, 0) is 0 Å². The monoisotopic (exact) mass is 191 g/mol. The van der Waals surface area contributed by atoms with Crippen LogP contribution in [0.2, 0.25) is 0 Å². The van der Waals surface area contributed by atoms with Gasteiger partial charge in [-0.25, -0.2) is 14.2 Å². The highest BCUT2D eigenvalue weighted by atomic mass is 32.1. The van der Waals surface area contributed by atoms with Crippen molar-refractivity contribution in [3.63, 3.8) is 0 Å². The summed E-state index contributed by atoms with van der Waals surface area (Å²) in [6.45, 7) is 0. The van der Waals surface area contributed by atoms with Crippen LogP contribution in [-0.4, -0.2) is 27.3 Å². The number of aliphatic hydroxyl groups excluding tert-OH is 1. The fraction of sp³-hybridized carbons (Fsp3) is 0.333. The molecule has 0 aromatic carbocycles. The van der Waals surface area contributed by atoms with E-state index in [9.17, 15) is 9.18 Å². The minimum Gasteiger partial charge on any atom is -0.479 e. The smallest absolute Gasteiger partial charge is 0.341 e. The van der Waals surface area contributed by atoms with Gasteiger partial charge >= 0.3 is 5.97 Å². The maximum absolute atomic E-state index is 12.6. The molecule has 2 N–H and O–H groups in total. The van der Waals surface area contributed by atoms with Crippen LogP contribution in [0, 0.1) is 0 Å². The van der Waals surface area contributed by atoms with Gasteiger partial charge in [-0.15, -0.1) is 11.3 Å². The van der Waals surface area contributed by atoms with Crippen LogP contribution in [0.1, 0.15) is 11.8 Å². The molecule has 1 aromatic rings. The van der Waals surface area contributed by atoms with E-state index in [2.05, 4.69) is 4.98 Å². The van der Waals surface area contributed by atoms with Gasteiger partial charge in [-0.2, -0.15) is 0 Å². The molecule has 6 heteroatoms. The number of aromatic nitrogens is 1. The fourth-order valence-corrected chi connectivity index (χ4v) is 1.24. The lowest BCUT2D eigenvalue weighted by atomic mass is 10.2.